The molecule has 0 saturated carbocycles. The third-order valence-electron chi connectivity index (χ3n) is 3.88. The van der Waals surface area contributed by atoms with Crippen LogP contribution in [0, 0.1) is 0 Å². The Morgan fingerprint density at radius 3 is 2.48 bits per heavy atom. The van der Waals surface area contributed by atoms with Crippen LogP contribution in [0.5, 0.6) is 5.75 Å². The van der Waals surface area contributed by atoms with Crippen LogP contribution in [0.3, 0.4) is 0 Å². The van der Waals surface area contributed by atoms with E-state index in [1.54, 1.807) is 6.26 Å². The minimum absolute atomic E-state index is 0.742. The third-order valence-corrected chi connectivity index (χ3v) is 3.88. The van der Waals surface area contributed by atoms with Crippen LogP contribution in [-0.2, 0) is 0 Å². The molecule has 0 aliphatic heterocycles. The Bertz CT molecular complexity index is 715. The van der Waals surface area contributed by atoms with Gasteiger partial charge in [-0.25, -0.2) is 0 Å². The minimum Gasteiger partial charge on any atom is -0.493 e. The number of benzene rings is 2. The van der Waals surface area contributed by atoms with Gasteiger partial charge in [-0.05, 0) is 41.8 Å². The standard InChI is InChI=1S/C21H22O2/c1-2-3-7-14-22-21-13-12-18(17-9-5-4-6-10-17)16-19(21)20-11-8-15-23-20/h4-6,8-13,15-16H,2-3,7,14H2,1H3. The molecule has 1 heterocycles. The van der Waals surface area contributed by atoms with Gasteiger partial charge in [0.1, 0.15) is 11.5 Å². The molecule has 0 atom stereocenters. The lowest BCUT2D eigenvalue weighted by Crippen LogP contribution is -1.98. The summed E-state index contributed by atoms with van der Waals surface area (Å²) in [5, 5.41) is 0. The molecule has 1 aromatic heterocycles. The summed E-state index contributed by atoms with van der Waals surface area (Å²) < 4.78 is 11.6. The van der Waals surface area contributed by atoms with Crippen molar-refractivity contribution in [1.29, 1.82) is 0 Å². The van der Waals surface area contributed by atoms with Gasteiger partial charge in [0.25, 0.3) is 0 Å². The van der Waals surface area contributed by atoms with E-state index < -0.39 is 0 Å². The SMILES string of the molecule is CCCCCOc1ccc(-c2ccccc2)cc1-c1ccco1. The molecule has 118 valence electrons. The summed E-state index contributed by atoms with van der Waals surface area (Å²) in [6.45, 7) is 2.94. The highest BCUT2D eigenvalue weighted by atomic mass is 16.5. The van der Waals surface area contributed by atoms with Crippen LogP contribution in [0.4, 0.5) is 0 Å². The Morgan fingerprint density at radius 1 is 0.870 bits per heavy atom. The van der Waals surface area contributed by atoms with E-state index in [0.717, 1.165) is 35.7 Å². The van der Waals surface area contributed by atoms with E-state index in [4.69, 9.17) is 9.15 Å². The van der Waals surface area contributed by atoms with Crippen molar-refractivity contribution in [2.24, 2.45) is 0 Å². The van der Waals surface area contributed by atoms with E-state index in [1.807, 2.05) is 24.3 Å². The van der Waals surface area contributed by atoms with E-state index in [1.165, 1.54) is 18.4 Å². The second-order valence-corrected chi connectivity index (χ2v) is 5.61. The molecule has 0 fully saturated rings. The highest BCUT2D eigenvalue weighted by Gasteiger charge is 2.11. The predicted molar refractivity (Wildman–Crippen MR) is 94.6 cm³/mol. The summed E-state index contributed by atoms with van der Waals surface area (Å²) >= 11 is 0. The topological polar surface area (TPSA) is 22.4 Å². The molecule has 0 aliphatic rings. The van der Waals surface area contributed by atoms with Gasteiger partial charge >= 0.3 is 0 Å². The molecule has 0 unspecified atom stereocenters. The molecule has 0 aliphatic carbocycles. The first kappa shape index (κ1) is 15.4. The lowest BCUT2D eigenvalue weighted by Gasteiger charge is -2.12. The summed E-state index contributed by atoms with van der Waals surface area (Å²) in [4.78, 5) is 0. The van der Waals surface area contributed by atoms with E-state index in [2.05, 4.69) is 43.3 Å². The zero-order chi connectivity index (χ0) is 15.9. The van der Waals surface area contributed by atoms with E-state index in [-0.39, 0.29) is 0 Å². The Hall–Kier alpha value is -2.48. The van der Waals surface area contributed by atoms with Gasteiger partial charge < -0.3 is 9.15 Å². The molecule has 3 aromatic rings. The highest BCUT2D eigenvalue weighted by molar-refractivity contribution is 5.75. The zero-order valence-corrected chi connectivity index (χ0v) is 13.5. The van der Waals surface area contributed by atoms with E-state index in [9.17, 15) is 0 Å². The molecule has 0 N–H and O–H groups in total. The molecular formula is C21H22O2. The first-order chi connectivity index (χ1) is 11.4. The van der Waals surface area contributed by atoms with Gasteiger partial charge in [0.2, 0.25) is 0 Å². The number of unbranched alkanes of at least 4 members (excludes halogenated alkanes) is 2. The fraction of sp³-hybridized carbons (Fsp3) is 0.238. The molecule has 0 amide bonds. The zero-order valence-electron chi connectivity index (χ0n) is 13.5. The molecule has 0 spiro atoms. The molecule has 0 bridgehead atoms. The fourth-order valence-corrected chi connectivity index (χ4v) is 2.62. The van der Waals surface area contributed by atoms with Crippen LogP contribution >= 0.6 is 0 Å². The first-order valence-corrected chi connectivity index (χ1v) is 8.24. The predicted octanol–water partition coefficient (Wildman–Crippen LogP) is 6.18. The molecule has 23 heavy (non-hydrogen) atoms. The maximum atomic E-state index is 5.99. The van der Waals surface area contributed by atoms with Crippen molar-refractivity contribution in [2.45, 2.75) is 26.2 Å². The van der Waals surface area contributed by atoms with Crippen LogP contribution in [0.1, 0.15) is 26.2 Å². The van der Waals surface area contributed by atoms with Gasteiger partial charge in [-0.15, -0.1) is 0 Å². The number of furan rings is 1. The van der Waals surface area contributed by atoms with Crippen molar-refractivity contribution in [1.82, 2.24) is 0 Å². The summed E-state index contributed by atoms with van der Waals surface area (Å²) in [6.07, 6.45) is 5.17. The maximum absolute atomic E-state index is 5.99. The second kappa shape index (κ2) is 7.68. The van der Waals surface area contributed by atoms with Crippen molar-refractivity contribution in [3.63, 3.8) is 0 Å². The summed E-state index contributed by atoms with van der Waals surface area (Å²) in [5.41, 5.74) is 3.36. The Kier molecular flexibility index (Phi) is 5.15. The number of ether oxygens (including phenoxy) is 1. The van der Waals surface area contributed by atoms with Crippen molar-refractivity contribution in [3.8, 4) is 28.2 Å². The molecule has 2 heteroatoms. The molecule has 2 aromatic carbocycles. The van der Waals surface area contributed by atoms with Crippen molar-refractivity contribution in [3.05, 3.63) is 66.9 Å². The van der Waals surface area contributed by atoms with Gasteiger partial charge in [-0.1, -0.05) is 56.2 Å². The summed E-state index contributed by atoms with van der Waals surface area (Å²) in [7, 11) is 0. The quantitative estimate of drug-likeness (QED) is 0.486. The second-order valence-electron chi connectivity index (χ2n) is 5.61. The smallest absolute Gasteiger partial charge is 0.137 e. The summed E-state index contributed by atoms with van der Waals surface area (Å²) in [5.74, 6) is 1.73. The average Bonchev–Trinajstić information content (AvgIpc) is 3.14. The Morgan fingerprint density at radius 2 is 1.74 bits per heavy atom. The van der Waals surface area contributed by atoms with Crippen LogP contribution in [0.25, 0.3) is 22.5 Å². The molecular weight excluding hydrogens is 284 g/mol. The minimum atomic E-state index is 0.742. The highest BCUT2D eigenvalue weighted by Crippen LogP contribution is 2.34. The van der Waals surface area contributed by atoms with Crippen LogP contribution in [0.2, 0.25) is 0 Å². The van der Waals surface area contributed by atoms with Gasteiger partial charge in [-0.3, -0.25) is 0 Å². The Balaban J connectivity index is 1.90. The number of rotatable bonds is 7. The van der Waals surface area contributed by atoms with Crippen LogP contribution in [-0.4, -0.2) is 6.61 Å². The van der Waals surface area contributed by atoms with Crippen LogP contribution < -0.4 is 4.74 Å². The fourth-order valence-electron chi connectivity index (χ4n) is 2.62. The average molecular weight is 306 g/mol. The maximum Gasteiger partial charge on any atom is 0.137 e. The molecule has 0 radical (unpaired) electrons. The lowest BCUT2D eigenvalue weighted by molar-refractivity contribution is 0.307. The van der Waals surface area contributed by atoms with Gasteiger partial charge in [0.05, 0.1) is 18.4 Å². The first-order valence-electron chi connectivity index (χ1n) is 8.24. The van der Waals surface area contributed by atoms with Gasteiger partial charge in [-0.2, -0.15) is 0 Å². The molecule has 3 rings (SSSR count). The van der Waals surface area contributed by atoms with Crippen molar-refractivity contribution in [2.75, 3.05) is 6.61 Å². The van der Waals surface area contributed by atoms with Crippen molar-refractivity contribution >= 4 is 0 Å². The molecule has 0 saturated heterocycles. The van der Waals surface area contributed by atoms with Gasteiger partial charge in [0.15, 0.2) is 0 Å². The van der Waals surface area contributed by atoms with Gasteiger partial charge in [0, 0.05) is 0 Å². The van der Waals surface area contributed by atoms with Crippen LogP contribution in [0.15, 0.2) is 71.3 Å². The van der Waals surface area contributed by atoms with E-state index in [0.29, 0.717) is 0 Å². The van der Waals surface area contributed by atoms with E-state index >= 15 is 0 Å². The Labute approximate surface area is 137 Å². The summed E-state index contributed by atoms with van der Waals surface area (Å²) in [6, 6.07) is 20.5. The lowest BCUT2D eigenvalue weighted by atomic mass is 10.0. The normalized spacial score (nSPS) is 10.7. The monoisotopic (exact) mass is 306 g/mol. The number of hydrogen-bond acceptors (Lipinski definition) is 2. The number of hydrogen-bond donors (Lipinski definition) is 0. The molecule has 2 nitrogen and oxygen atoms in total. The largest absolute Gasteiger partial charge is 0.493 e. The van der Waals surface area contributed by atoms with Crippen molar-refractivity contribution < 1.29 is 9.15 Å². The third kappa shape index (κ3) is 3.84.